The van der Waals surface area contributed by atoms with Crippen LogP contribution in [0, 0.1) is 0 Å². The quantitative estimate of drug-likeness (QED) is 0.769. The average Bonchev–Trinajstić information content (AvgIpc) is 3.21. The van der Waals surface area contributed by atoms with E-state index in [1.165, 1.54) is 0 Å². The molecule has 1 aromatic heterocycles. The van der Waals surface area contributed by atoms with Gasteiger partial charge in [-0.25, -0.2) is 14.6 Å². The smallest absolute Gasteiger partial charge is 0.337 e. The predicted octanol–water partition coefficient (Wildman–Crippen LogP) is 1.28. The van der Waals surface area contributed by atoms with E-state index >= 15 is 0 Å². The van der Waals surface area contributed by atoms with Crippen LogP contribution in [0.25, 0.3) is 11.0 Å². The molecule has 1 aromatic carbocycles. The number of carbonyl (C=O) groups is 2. The number of urea groups is 1. The Labute approximate surface area is 120 Å². The lowest BCUT2D eigenvalue weighted by atomic mass is 10.2. The summed E-state index contributed by atoms with van der Waals surface area (Å²) in [5.74, 6) is 0.292. The summed E-state index contributed by atoms with van der Waals surface area (Å²) in [6, 6.07) is 4.55. The molecule has 4 N–H and O–H groups in total. The third-order valence-electron chi connectivity index (χ3n) is 3.62. The first kappa shape index (κ1) is 13.4. The van der Waals surface area contributed by atoms with Crippen molar-refractivity contribution in [3.05, 3.63) is 29.6 Å². The van der Waals surface area contributed by atoms with Crippen LogP contribution in [0.5, 0.6) is 0 Å². The zero-order chi connectivity index (χ0) is 15.0. The minimum Gasteiger partial charge on any atom is -0.478 e. The molecule has 1 aliphatic rings. The number of hydrogen-bond donors (Lipinski definition) is 3. The summed E-state index contributed by atoms with van der Waals surface area (Å²) in [5, 5.41) is 11.8. The Kier molecular flexibility index (Phi) is 3.25. The van der Waals surface area contributed by atoms with Crippen LogP contribution in [0.2, 0.25) is 0 Å². The highest BCUT2D eigenvalue weighted by Gasteiger charge is 2.30. The highest BCUT2D eigenvalue weighted by Crippen LogP contribution is 2.41. The molecule has 3 rings (SSSR count). The number of rotatable bonds is 5. The molecule has 1 heterocycles. The van der Waals surface area contributed by atoms with Gasteiger partial charge in [0.1, 0.15) is 11.3 Å². The molecule has 7 nitrogen and oxygen atoms in total. The van der Waals surface area contributed by atoms with Gasteiger partial charge in [-0.3, -0.25) is 0 Å². The summed E-state index contributed by atoms with van der Waals surface area (Å²) in [6.45, 7) is 0.909. The molecule has 0 saturated heterocycles. The number of para-hydroxylation sites is 1. The van der Waals surface area contributed by atoms with Crippen LogP contribution in [0.4, 0.5) is 4.79 Å². The van der Waals surface area contributed by atoms with Crippen molar-refractivity contribution in [3.63, 3.8) is 0 Å². The van der Waals surface area contributed by atoms with Crippen molar-refractivity contribution in [2.75, 3.05) is 6.54 Å². The number of nitrogens with two attached hydrogens (primary N) is 1. The van der Waals surface area contributed by atoms with Crippen LogP contribution in [-0.2, 0) is 6.54 Å². The number of benzene rings is 1. The Balaban J connectivity index is 2.03. The number of aromatic carboxylic acids is 1. The Morgan fingerprint density at radius 3 is 2.81 bits per heavy atom. The van der Waals surface area contributed by atoms with Gasteiger partial charge in [0.2, 0.25) is 0 Å². The Morgan fingerprint density at radius 1 is 1.43 bits per heavy atom. The standard InChI is InChI=1S/C14H16N4O3/c15-14(21)16-6-7-18-10-3-1-2-9(13(19)20)11(10)17-12(18)8-4-5-8/h1-3,8H,4-7H2,(H,19,20)(H3,15,16,21). The van der Waals surface area contributed by atoms with E-state index in [-0.39, 0.29) is 5.56 Å². The fraction of sp³-hybridized carbons (Fsp3) is 0.357. The van der Waals surface area contributed by atoms with E-state index < -0.39 is 12.0 Å². The minimum atomic E-state index is -0.983. The maximum Gasteiger partial charge on any atom is 0.337 e. The third kappa shape index (κ3) is 2.54. The van der Waals surface area contributed by atoms with Crippen molar-refractivity contribution in [2.45, 2.75) is 25.3 Å². The summed E-state index contributed by atoms with van der Waals surface area (Å²) in [6.07, 6.45) is 2.13. The van der Waals surface area contributed by atoms with E-state index in [1.807, 2.05) is 10.6 Å². The van der Waals surface area contributed by atoms with E-state index in [4.69, 9.17) is 5.73 Å². The lowest BCUT2D eigenvalue weighted by molar-refractivity contribution is 0.0699. The van der Waals surface area contributed by atoms with Crippen LogP contribution in [0.15, 0.2) is 18.2 Å². The third-order valence-corrected chi connectivity index (χ3v) is 3.62. The molecule has 1 aliphatic carbocycles. The number of imidazole rings is 1. The predicted molar refractivity (Wildman–Crippen MR) is 76.3 cm³/mol. The lowest BCUT2D eigenvalue weighted by Crippen LogP contribution is -2.32. The van der Waals surface area contributed by atoms with Crippen molar-refractivity contribution in [1.29, 1.82) is 0 Å². The maximum absolute atomic E-state index is 11.3. The van der Waals surface area contributed by atoms with Gasteiger partial charge >= 0.3 is 12.0 Å². The molecule has 2 aromatic rings. The topological polar surface area (TPSA) is 110 Å². The molecule has 0 bridgehead atoms. The summed E-state index contributed by atoms with van der Waals surface area (Å²) in [4.78, 5) is 26.6. The number of nitrogens with zero attached hydrogens (tertiary/aromatic N) is 2. The summed E-state index contributed by atoms with van der Waals surface area (Å²) >= 11 is 0. The van der Waals surface area contributed by atoms with Crippen molar-refractivity contribution < 1.29 is 14.7 Å². The largest absolute Gasteiger partial charge is 0.478 e. The van der Waals surface area contributed by atoms with E-state index in [2.05, 4.69) is 10.3 Å². The van der Waals surface area contributed by atoms with Gasteiger partial charge < -0.3 is 20.7 Å². The van der Waals surface area contributed by atoms with Crippen molar-refractivity contribution in [1.82, 2.24) is 14.9 Å². The molecule has 0 radical (unpaired) electrons. The van der Waals surface area contributed by atoms with Gasteiger partial charge in [-0.2, -0.15) is 0 Å². The number of hydrogen-bond acceptors (Lipinski definition) is 3. The van der Waals surface area contributed by atoms with Crippen molar-refractivity contribution in [3.8, 4) is 0 Å². The van der Waals surface area contributed by atoms with E-state index in [0.717, 1.165) is 24.2 Å². The fourth-order valence-electron chi connectivity index (χ4n) is 2.52. The molecule has 21 heavy (non-hydrogen) atoms. The summed E-state index contributed by atoms with van der Waals surface area (Å²) in [5.41, 5.74) is 6.56. The Hall–Kier alpha value is -2.57. The number of carboxylic acids is 1. The van der Waals surface area contributed by atoms with Gasteiger partial charge in [0.15, 0.2) is 0 Å². The van der Waals surface area contributed by atoms with E-state index in [1.54, 1.807) is 12.1 Å². The molecular formula is C14H16N4O3. The minimum absolute atomic E-state index is 0.205. The number of fused-ring (bicyclic) bond motifs is 1. The van der Waals surface area contributed by atoms with Crippen LogP contribution >= 0.6 is 0 Å². The molecule has 1 saturated carbocycles. The lowest BCUT2D eigenvalue weighted by Gasteiger charge is -2.09. The first-order valence-corrected chi connectivity index (χ1v) is 6.83. The molecule has 0 unspecified atom stereocenters. The van der Waals surface area contributed by atoms with E-state index in [0.29, 0.717) is 24.5 Å². The van der Waals surface area contributed by atoms with Gasteiger partial charge in [0.05, 0.1) is 11.1 Å². The van der Waals surface area contributed by atoms with Crippen LogP contribution in [0.1, 0.15) is 34.9 Å². The highest BCUT2D eigenvalue weighted by atomic mass is 16.4. The Bertz CT molecular complexity index is 718. The first-order chi connectivity index (χ1) is 10.1. The molecule has 0 atom stereocenters. The number of nitrogens with one attached hydrogen (secondary N) is 1. The van der Waals surface area contributed by atoms with Gasteiger partial charge in [-0.05, 0) is 25.0 Å². The maximum atomic E-state index is 11.3. The van der Waals surface area contributed by atoms with Crippen LogP contribution < -0.4 is 11.1 Å². The SMILES string of the molecule is NC(=O)NCCn1c(C2CC2)nc2c(C(=O)O)cccc21. The second-order valence-corrected chi connectivity index (χ2v) is 5.17. The Morgan fingerprint density at radius 2 is 2.19 bits per heavy atom. The molecule has 0 spiro atoms. The number of carbonyl (C=O) groups excluding carboxylic acids is 1. The fourth-order valence-corrected chi connectivity index (χ4v) is 2.52. The van der Waals surface area contributed by atoms with Gasteiger partial charge in [-0.1, -0.05) is 6.07 Å². The molecular weight excluding hydrogens is 272 g/mol. The van der Waals surface area contributed by atoms with Gasteiger partial charge in [-0.15, -0.1) is 0 Å². The van der Waals surface area contributed by atoms with E-state index in [9.17, 15) is 14.7 Å². The second kappa shape index (κ2) is 5.08. The first-order valence-electron chi connectivity index (χ1n) is 6.83. The molecule has 110 valence electrons. The number of amides is 2. The monoisotopic (exact) mass is 288 g/mol. The molecule has 0 aliphatic heterocycles. The molecule has 7 heteroatoms. The zero-order valence-corrected chi connectivity index (χ0v) is 11.4. The average molecular weight is 288 g/mol. The molecule has 1 fully saturated rings. The summed E-state index contributed by atoms with van der Waals surface area (Å²) < 4.78 is 1.98. The van der Waals surface area contributed by atoms with Crippen molar-refractivity contribution in [2.24, 2.45) is 5.73 Å². The van der Waals surface area contributed by atoms with Crippen LogP contribution in [-0.4, -0.2) is 33.2 Å². The normalized spacial score (nSPS) is 14.3. The highest BCUT2D eigenvalue weighted by molar-refractivity contribution is 6.01. The van der Waals surface area contributed by atoms with Crippen molar-refractivity contribution >= 4 is 23.0 Å². The number of aromatic nitrogens is 2. The van der Waals surface area contributed by atoms with Gasteiger partial charge in [0.25, 0.3) is 0 Å². The summed E-state index contributed by atoms with van der Waals surface area (Å²) in [7, 11) is 0. The van der Waals surface area contributed by atoms with Gasteiger partial charge in [0, 0.05) is 19.0 Å². The van der Waals surface area contributed by atoms with Crippen LogP contribution in [0.3, 0.4) is 0 Å². The second-order valence-electron chi connectivity index (χ2n) is 5.17. The zero-order valence-electron chi connectivity index (χ0n) is 11.4. The number of carboxylic acid groups (broad SMARTS) is 1. The number of primary amides is 1. The molecule has 2 amide bonds.